The van der Waals surface area contributed by atoms with E-state index in [0.29, 0.717) is 21.8 Å². The van der Waals surface area contributed by atoms with Crippen molar-refractivity contribution in [2.45, 2.75) is 6.92 Å². The molecule has 0 saturated carbocycles. The maximum absolute atomic E-state index is 11.7. The van der Waals surface area contributed by atoms with E-state index in [4.69, 9.17) is 11.6 Å². The van der Waals surface area contributed by atoms with E-state index in [9.17, 15) is 9.90 Å². The van der Waals surface area contributed by atoms with Crippen molar-refractivity contribution in [1.82, 2.24) is 9.97 Å². The molecule has 0 aliphatic heterocycles. The second kappa shape index (κ2) is 8.24. The van der Waals surface area contributed by atoms with Gasteiger partial charge >= 0.3 is 0 Å². The Morgan fingerprint density at radius 2 is 1.93 bits per heavy atom. The molecular weight excluding hydrogens is 368 g/mol. The number of benzene rings is 2. The second-order valence-electron chi connectivity index (χ2n) is 5.49. The number of halogens is 1. The van der Waals surface area contributed by atoms with Crippen LogP contribution < -0.4 is 11.0 Å². The summed E-state index contributed by atoms with van der Waals surface area (Å²) >= 11 is 5.87. The molecule has 0 spiro atoms. The molecule has 27 heavy (non-hydrogen) atoms. The Bertz CT molecular complexity index is 1060. The van der Waals surface area contributed by atoms with Crippen LogP contribution in [0.15, 0.2) is 74.9 Å². The first-order valence-electron chi connectivity index (χ1n) is 7.88. The molecule has 3 rings (SSSR count). The first-order valence-corrected chi connectivity index (χ1v) is 8.26. The van der Waals surface area contributed by atoms with E-state index in [0.717, 1.165) is 0 Å². The highest BCUT2D eigenvalue weighted by molar-refractivity contribution is 6.30. The number of amidine groups is 1. The Morgan fingerprint density at radius 3 is 2.63 bits per heavy atom. The number of azo groups is 1. The van der Waals surface area contributed by atoms with Gasteiger partial charge in [-0.25, -0.2) is 4.98 Å². The highest BCUT2D eigenvalue weighted by Crippen LogP contribution is 2.19. The minimum atomic E-state index is -0.306. The fraction of sp³-hybridized carbons (Fsp3) is 0.0556. The van der Waals surface area contributed by atoms with Gasteiger partial charge in [-0.1, -0.05) is 23.7 Å². The van der Waals surface area contributed by atoms with Crippen LogP contribution >= 0.6 is 11.6 Å². The number of rotatable bonds is 4. The van der Waals surface area contributed by atoms with Crippen LogP contribution in [0, 0.1) is 6.92 Å². The van der Waals surface area contributed by atoms with Crippen LogP contribution in [-0.4, -0.2) is 20.9 Å². The van der Waals surface area contributed by atoms with Gasteiger partial charge in [0.1, 0.15) is 5.75 Å². The number of aromatic amines is 1. The average Bonchev–Trinajstić information content (AvgIpc) is 2.67. The number of aryl methyl sites for hydroxylation is 1. The zero-order chi connectivity index (χ0) is 19.2. The van der Waals surface area contributed by atoms with Crippen molar-refractivity contribution in [3.63, 3.8) is 0 Å². The summed E-state index contributed by atoms with van der Waals surface area (Å²) in [5, 5.41) is 22.8. The number of aromatic hydroxyl groups is 1. The molecule has 0 unspecified atom stereocenters. The molecule has 3 N–H and O–H groups in total. The quantitative estimate of drug-likeness (QED) is 0.274. The third kappa shape index (κ3) is 4.77. The summed E-state index contributed by atoms with van der Waals surface area (Å²) in [6.07, 6.45) is 1.40. The van der Waals surface area contributed by atoms with Crippen molar-refractivity contribution < 1.29 is 5.11 Å². The Balaban J connectivity index is 1.94. The lowest BCUT2D eigenvalue weighted by molar-refractivity contribution is 0.474. The van der Waals surface area contributed by atoms with Gasteiger partial charge in [0.05, 0.1) is 11.3 Å². The number of nitrogens with one attached hydrogen (secondary N) is 2. The highest BCUT2D eigenvalue weighted by Gasteiger charge is 2.09. The van der Waals surface area contributed by atoms with Gasteiger partial charge in [0.2, 0.25) is 11.8 Å². The number of nitrogens with zero attached hydrogens (tertiary/aromatic N) is 4. The number of phenolic OH excluding ortho intramolecular Hbond substituents is 1. The van der Waals surface area contributed by atoms with E-state index in [1.54, 1.807) is 49.4 Å². The fourth-order valence-corrected chi connectivity index (χ4v) is 2.16. The predicted octanol–water partition coefficient (Wildman–Crippen LogP) is 3.99. The summed E-state index contributed by atoms with van der Waals surface area (Å²) in [5.41, 5.74) is 4.02. The van der Waals surface area contributed by atoms with E-state index in [-0.39, 0.29) is 23.1 Å². The Morgan fingerprint density at radius 1 is 1.19 bits per heavy atom. The predicted molar refractivity (Wildman–Crippen MR) is 104 cm³/mol. The van der Waals surface area contributed by atoms with Crippen LogP contribution in [0.2, 0.25) is 5.02 Å². The van der Waals surface area contributed by atoms with Gasteiger partial charge in [0.15, 0.2) is 0 Å². The molecule has 0 fully saturated rings. The molecule has 1 aromatic heterocycles. The topological polar surface area (TPSA) is 115 Å². The zero-order valence-corrected chi connectivity index (χ0v) is 15.0. The molecule has 8 nitrogen and oxygen atoms in total. The Labute approximate surface area is 159 Å². The molecule has 2 aromatic carbocycles. The van der Waals surface area contributed by atoms with Gasteiger partial charge in [0, 0.05) is 16.8 Å². The fourth-order valence-electron chi connectivity index (χ4n) is 2.04. The van der Waals surface area contributed by atoms with Gasteiger partial charge in [-0.2, -0.15) is 5.10 Å². The minimum Gasteiger partial charge on any atom is -0.507 e. The van der Waals surface area contributed by atoms with Crippen molar-refractivity contribution in [1.29, 1.82) is 0 Å². The van der Waals surface area contributed by atoms with Crippen LogP contribution in [-0.2, 0) is 0 Å². The number of hydrazone groups is 1. The molecule has 0 atom stereocenters. The van der Waals surface area contributed by atoms with Gasteiger partial charge in [-0.15, -0.1) is 10.2 Å². The summed E-state index contributed by atoms with van der Waals surface area (Å²) in [6.45, 7) is 1.64. The number of hydrogen-bond donors (Lipinski definition) is 3. The van der Waals surface area contributed by atoms with Crippen LogP contribution in [0.1, 0.15) is 11.1 Å². The van der Waals surface area contributed by atoms with Gasteiger partial charge in [-0.3, -0.25) is 15.2 Å². The number of H-pyrrole nitrogens is 1. The second-order valence-corrected chi connectivity index (χ2v) is 5.93. The third-order valence-electron chi connectivity index (χ3n) is 3.48. The van der Waals surface area contributed by atoms with Gasteiger partial charge in [-0.05, 0) is 43.3 Å². The number of aromatic nitrogens is 2. The molecule has 0 radical (unpaired) electrons. The summed E-state index contributed by atoms with van der Waals surface area (Å²) in [7, 11) is 0. The van der Waals surface area contributed by atoms with Crippen molar-refractivity contribution in [3.05, 3.63) is 81.2 Å². The van der Waals surface area contributed by atoms with Crippen molar-refractivity contribution in [2.75, 3.05) is 5.43 Å². The monoisotopic (exact) mass is 382 g/mol. The van der Waals surface area contributed by atoms with Crippen LogP contribution in [0.4, 0.5) is 11.6 Å². The Kier molecular flexibility index (Phi) is 5.58. The summed E-state index contributed by atoms with van der Waals surface area (Å²) in [6, 6.07) is 13.5. The van der Waals surface area contributed by atoms with Crippen LogP contribution in [0.3, 0.4) is 0 Å². The molecule has 136 valence electrons. The lowest BCUT2D eigenvalue weighted by Gasteiger charge is -2.05. The maximum Gasteiger partial charge on any atom is 0.255 e. The lowest BCUT2D eigenvalue weighted by Crippen LogP contribution is -2.09. The third-order valence-corrected chi connectivity index (χ3v) is 3.74. The number of phenols is 1. The summed E-state index contributed by atoms with van der Waals surface area (Å²) < 4.78 is 0. The minimum absolute atomic E-state index is 0.0153. The van der Waals surface area contributed by atoms with E-state index in [1.807, 2.05) is 0 Å². The largest absolute Gasteiger partial charge is 0.507 e. The van der Waals surface area contributed by atoms with E-state index in [2.05, 4.69) is 30.7 Å². The molecule has 1 heterocycles. The first-order chi connectivity index (χ1) is 13.0. The standard InChI is InChI=1S/C18H15ClN6O2/c1-11-10-20-18(21-17(11)27)25-24-16(14-4-2-3-5-15(14)26)23-22-13-8-6-12(19)7-9-13/h2-10,22,26H,1H3,(H,20,21,27)/b23-16+,25-24?. The molecule has 9 heteroatoms. The SMILES string of the molecule is Cc1cnc(N=N/C(=N/Nc2ccc(Cl)cc2)c2ccccc2O)[nH]c1=O. The van der Waals surface area contributed by atoms with Crippen molar-refractivity contribution in [3.8, 4) is 5.75 Å². The zero-order valence-electron chi connectivity index (χ0n) is 14.2. The molecule has 0 amide bonds. The van der Waals surface area contributed by atoms with Crippen molar-refractivity contribution in [2.24, 2.45) is 15.3 Å². The molecule has 0 saturated heterocycles. The number of anilines is 1. The summed E-state index contributed by atoms with van der Waals surface area (Å²) in [5.74, 6) is 0.116. The Hall–Kier alpha value is -3.52. The molecule has 0 bridgehead atoms. The summed E-state index contributed by atoms with van der Waals surface area (Å²) in [4.78, 5) is 18.1. The van der Waals surface area contributed by atoms with E-state index < -0.39 is 0 Å². The first kappa shape index (κ1) is 18.3. The molecular formula is C18H15ClN6O2. The smallest absolute Gasteiger partial charge is 0.255 e. The normalized spacial score (nSPS) is 11.7. The van der Waals surface area contributed by atoms with E-state index in [1.165, 1.54) is 12.3 Å². The van der Waals surface area contributed by atoms with Gasteiger partial charge < -0.3 is 5.11 Å². The van der Waals surface area contributed by atoms with Crippen LogP contribution in [0.5, 0.6) is 5.75 Å². The maximum atomic E-state index is 11.7. The van der Waals surface area contributed by atoms with Gasteiger partial charge in [0.25, 0.3) is 5.56 Å². The van der Waals surface area contributed by atoms with E-state index >= 15 is 0 Å². The molecule has 0 aliphatic rings. The van der Waals surface area contributed by atoms with Crippen molar-refractivity contribution >= 4 is 29.1 Å². The number of hydrogen-bond acceptors (Lipinski definition) is 6. The molecule has 3 aromatic rings. The average molecular weight is 383 g/mol. The highest BCUT2D eigenvalue weighted by atomic mass is 35.5. The molecule has 0 aliphatic carbocycles. The van der Waals surface area contributed by atoms with Crippen LogP contribution in [0.25, 0.3) is 0 Å². The number of para-hydroxylation sites is 1. The lowest BCUT2D eigenvalue weighted by atomic mass is 10.2.